The van der Waals surface area contributed by atoms with Gasteiger partial charge in [-0.3, -0.25) is 0 Å². The van der Waals surface area contributed by atoms with Gasteiger partial charge in [0.1, 0.15) is 11.5 Å². The number of rotatable bonds is 7. The number of alkyl halides is 2. The number of anilines is 2. The zero-order chi connectivity index (χ0) is 21.9. The van der Waals surface area contributed by atoms with Crippen LogP contribution in [0.5, 0.6) is 11.5 Å². The molecule has 3 rings (SSSR count). The first kappa shape index (κ1) is 22.4. The van der Waals surface area contributed by atoms with Crippen LogP contribution in [0.15, 0.2) is 47.4 Å². The fourth-order valence-corrected chi connectivity index (χ4v) is 4.54. The second-order valence-corrected chi connectivity index (χ2v) is 9.04. The van der Waals surface area contributed by atoms with Gasteiger partial charge in [-0.25, -0.2) is 0 Å². The van der Waals surface area contributed by atoms with Crippen molar-refractivity contribution in [2.24, 2.45) is 0 Å². The topological polar surface area (TPSA) is 62.3 Å². The summed E-state index contributed by atoms with van der Waals surface area (Å²) >= 11 is 6.13. The molecule has 30 heavy (non-hydrogen) atoms. The fraction of sp³-hybridized carbons (Fsp3) is 0.368. The number of halogens is 3. The molecule has 0 N–H and O–H groups in total. The molecule has 2 aromatic rings. The smallest absolute Gasteiger partial charge is 0.387 e. The van der Waals surface area contributed by atoms with Gasteiger partial charge in [0.2, 0.25) is 0 Å². The van der Waals surface area contributed by atoms with Gasteiger partial charge < -0.3 is 19.3 Å². The van der Waals surface area contributed by atoms with E-state index in [2.05, 4.69) is 14.5 Å². The van der Waals surface area contributed by atoms with E-state index in [0.29, 0.717) is 15.3 Å². The molecule has 1 saturated heterocycles. The molecule has 1 aliphatic heterocycles. The fourth-order valence-electron chi connectivity index (χ4n) is 3.10. The van der Waals surface area contributed by atoms with Gasteiger partial charge in [0.05, 0.1) is 23.4 Å². The van der Waals surface area contributed by atoms with Crippen molar-refractivity contribution in [2.75, 3.05) is 49.1 Å². The zero-order valence-corrected chi connectivity index (χ0v) is 18.0. The van der Waals surface area contributed by atoms with Gasteiger partial charge in [-0.05, 0) is 49.5 Å². The molecule has 1 fully saturated rings. The normalized spacial score (nSPS) is 15.3. The molecule has 2 aromatic carbocycles. The molecule has 11 heteroatoms. The maximum absolute atomic E-state index is 13.1. The summed E-state index contributed by atoms with van der Waals surface area (Å²) < 4.78 is 61.0. The number of likely N-dealkylation sites (N-methyl/N-ethyl adjacent to an activating group) is 1. The van der Waals surface area contributed by atoms with Crippen molar-refractivity contribution in [3.63, 3.8) is 0 Å². The molecule has 0 aromatic heterocycles. The molecular formula is C19H22ClF2N3O4S. The van der Waals surface area contributed by atoms with Crippen LogP contribution in [0, 0.1) is 0 Å². The molecule has 0 radical (unpaired) electrons. The number of sulfonamides is 1. The van der Waals surface area contributed by atoms with Gasteiger partial charge >= 0.3 is 6.61 Å². The van der Waals surface area contributed by atoms with Crippen molar-refractivity contribution in [2.45, 2.75) is 11.5 Å². The quantitative estimate of drug-likeness (QED) is 0.589. The average Bonchev–Trinajstić information content (AvgIpc) is 2.73. The Bertz CT molecular complexity index is 968. The minimum atomic E-state index is -4.11. The molecule has 0 unspecified atom stereocenters. The monoisotopic (exact) mass is 461 g/mol. The lowest BCUT2D eigenvalue weighted by Gasteiger charge is -2.35. The predicted octanol–water partition coefficient (Wildman–Crippen LogP) is 3.40. The molecule has 0 saturated carbocycles. The SMILES string of the molecule is COc1ccc(S(=O)(=O)N(Cl)c2ccc(OC(F)F)cc2)cc1N1CCN(C)CC1. The van der Waals surface area contributed by atoms with Crippen LogP contribution in [0.1, 0.15) is 0 Å². The highest BCUT2D eigenvalue weighted by Gasteiger charge is 2.27. The first-order valence-electron chi connectivity index (χ1n) is 9.10. The third-order valence-electron chi connectivity index (χ3n) is 4.77. The van der Waals surface area contributed by atoms with Crippen LogP contribution in [-0.4, -0.2) is 60.3 Å². The predicted molar refractivity (Wildman–Crippen MR) is 111 cm³/mol. The van der Waals surface area contributed by atoms with E-state index in [4.69, 9.17) is 16.5 Å². The van der Waals surface area contributed by atoms with Gasteiger partial charge in [0, 0.05) is 38.0 Å². The minimum Gasteiger partial charge on any atom is -0.495 e. The van der Waals surface area contributed by atoms with Crippen molar-refractivity contribution in [3.8, 4) is 11.5 Å². The van der Waals surface area contributed by atoms with E-state index in [1.807, 2.05) is 7.05 Å². The van der Waals surface area contributed by atoms with Gasteiger partial charge in [0.15, 0.2) is 0 Å². The number of piperazine rings is 1. The number of nitrogens with zero attached hydrogens (tertiary/aromatic N) is 3. The van der Waals surface area contributed by atoms with Gasteiger partial charge in [0.25, 0.3) is 10.0 Å². The van der Waals surface area contributed by atoms with Gasteiger partial charge in [-0.15, -0.1) is 0 Å². The highest BCUT2D eigenvalue weighted by molar-refractivity contribution is 7.94. The van der Waals surface area contributed by atoms with Crippen molar-refractivity contribution >= 4 is 33.2 Å². The lowest BCUT2D eigenvalue weighted by atomic mass is 10.2. The second kappa shape index (κ2) is 9.23. The lowest BCUT2D eigenvalue weighted by molar-refractivity contribution is -0.0498. The summed E-state index contributed by atoms with van der Waals surface area (Å²) in [5.74, 6) is 0.464. The summed E-state index contributed by atoms with van der Waals surface area (Å²) in [4.78, 5) is 4.23. The second-order valence-electron chi connectivity index (χ2n) is 6.72. The lowest BCUT2D eigenvalue weighted by Crippen LogP contribution is -2.44. The standard InChI is InChI=1S/C19H22ClF2N3O4S/c1-23-9-11-24(12-10-23)17-13-16(7-8-18(17)28-2)30(26,27)25(20)14-3-5-15(6-4-14)29-19(21)22/h3-8,13,19H,9-12H2,1-2H3. The maximum Gasteiger partial charge on any atom is 0.387 e. The summed E-state index contributed by atoms with van der Waals surface area (Å²) in [6.45, 7) is 0.168. The van der Waals surface area contributed by atoms with Crippen LogP contribution >= 0.6 is 11.8 Å². The van der Waals surface area contributed by atoms with Gasteiger partial charge in [-0.2, -0.15) is 21.0 Å². The number of hydrogen-bond acceptors (Lipinski definition) is 6. The summed E-state index contributed by atoms with van der Waals surface area (Å²) in [5, 5.41) is 0. The molecule has 1 aliphatic rings. The third-order valence-corrected chi connectivity index (χ3v) is 6.99. The van der Waals surface area contributed by atoms with Crippen LogP contribution in [0.2, 0.25) is 0 Å². The van der Waals surface area contributed by atoms with Crippen molar-refractivity contribution in [1.82, 2.24) is 4.90 Å². The van der Waals surface area contributed by atoms with E-state index in [-0.39, 0.29) is 16.3 Å². The molecule has 7 nitrogen and oxygen atoms in total. The highest BCUT2D eigenvalue weighted by Crippen LogP contribution is 2.34. The third kappa shape index (κ3) is 4.88. The molecule has 0 bridgehead atoms. The number of ether oxygens (including phenoxy) is 2. The molecule has 0 spiro atoms. The Balaban J connectivity index is 1.88. The Morgan fingerprint density at radius 2 is 1.70 bits per heavy atom. The van der Waals surface area contributed by atoms with Crippen molar-refractivity contribution in [1.29, 1.82) is 0 Å². The van der Waals surface area contributed by atoms with E-state index < -0.39 is 16.6 Å². The van der Waals surface area contributed by atoms with Crippen LogP contribution in [0.25, 0.3) is 0 Å². The molecule has 164 valence electrons. The first-order chi connectivity index (χ1) is 14.2. The Morgan fingerprint density at radius 1 is 1.07 bits per heavy atom. The number of benzene rings is 2. The summed E-state index contributed by atoms with van der Waals surface area (Å²) in [6.07, 6.45) is 0. The molecule has 0 atom stereocenters. The van der Waals surface area contributed by atoms with Crippen molar-refractivity contribution in [3.05, 3.63) is 42.5 Å². The minimum absolute atomic E-state index is 0.0138. The zero-order valence-electron chi connectivity index (χ0n) is 16.5. The van der Waals surface area contributed by atoms with Crippen molar-refractivity contribution < 1.29 is 26.7 Å². The molecule has 0 aliphatic carbocycles. The van der Waals surface area contributed by atoms with E-state index >= 15 is 0 Å². The highest BCUT2D eigenvalue weighted by atomic mass is 35.5. The van der Waals surface area contributed by atoms with Crippen LogP contribution in [0.3, 0.4) is 0 Å². The summed E-state index contributed by atoms with van der Waals surface area (Å²) in [7, 11) is -0.554. The molecule has 1 heterocycles. The van der Waals surface area contributed by atoms with E-state index in [9.17, 15) is 17.2 Å². The average molecular weight is 462 g/mol. The molecule has 0 amide bonds. The Kier molecular flexibility index (Phi) is 6.89. The summed E-state index contributed by atoms with van der Waals surface area (Å²) in [5.41, 5.74) is 0.757. The van der Waals surface area contributed by atoms with Crippen LogP contribution in [-0.2, 0) is 10.0 Å². The summed E-state index contributed by atoms with van der Waals surface area (Å²) in [6, 6.07) is 9.54. The number of methoxy groups -OCH3 is 1. The molecular weight excluding hydrogens is 440 g/mol. The largest absolute Gasteiger partial charge is 0.495 e. The Morgan fingerprint density at radius 3 is 2.27 bits per heavy atom. The number of hydrogen-bond donors (Lipinski definition) is 0. The van der Waals surface area contributed by atoms with Gasteiger partial charge in [-0.1, -0.05) is 0 Å². The van der Waals surface area contributed by atoms with Crippen LogP contribution in [0.4, 0.5) is 20.2 Å². The first-order valence-corrected chi connectivity index (χ1v) is 10.9. The Labute approximate surface area is 179 Å². The maximum atomic E-state index is 13.1. The van der Waals surface area contributed by atoms with Crippen LogP contribution < -0.4 is 18.2 Å². The van der Waals surface area contributed by atoms with E-state index in [1.165, 1.54) is 43.5 Å². The van der Waals surface area contributed by atoms with E-state index in [1.54, 1.807) is 6.07 Å². The Hall–Kier alpha value is -2.30. The van der Waals surface area contributed by atoms with E-state index in [0.717, 1.165) is 26.2 Å².